The van der Waals surface area contributed by atoms with Gasteiger partial charge in [-0.15, -0.1) is 0 Å². The van der Waals surface area contributed by atoms with Crippen molar-refractivity contribution in [3.8, 4) is 11.4 Å². The maximum absolute atomic E-state index is 10.9. The molecule has 0 aliphatic rings. The number of aromatic nitrogens is 2. The average molecular weight is 188 g/mol. The van der Waals surface area contributed by atoms with E-state index in [-0.39, 0.29) is 11.7 Å². The third-order valence-corrected chi connectivity index (χ3v) is 1.76. The first kappa shape index (κ1) is 8.62. The molecule has 0 atom stereocenters. The van der Waals surface area contributed by atoms with E-state index >= 15 is 0 Å². The molecule has 0 saturated heterocycles. The van der Waals surface area contributed by atoms with Crippen LogP contribution in [0, 0.1) is 0 Å². The lowest BCUT2D eigenvalue weighted by molar-refractivity contribution is 0.0972. The highest BCUT2D eigenvalue weighted by molar-refractivity contribution is 5.89. The summed E-state index contributed by atoms with van der Waals surface area (Å²) in [5, 5.41) is 3.70. The topological polar surface area (TPSA) is 56.0 Å². The van der Waals surface area contributed by atoms with E-state index in [1.54, 1.807) is 0 Å². The van der Waals surface area contributed by atoms with E-state index < -0.39 is 0 Å². The van der Waals surface area contributed by atoms with Gasteiger partial charge in [-0.1, -0.05) is 35.5 Å². The molecule has 4 heteroatoms. The SMILES string of the molecule is CC(=O)c1nc(-c2ccccc2)no1. The number of hydrogen-bond acceptors (Lipinski definition) is 4. The molecule has 0 saturated carbocycles. The van der Waals surface area contributed by atoms with Crippen LogP contribution in [0.5, 0.6) is 0 Å². The van der Waals surface area contributed by atoms with Gasteiger partial charge < -0.3 is 4.52 Å². The van der Waals surface area contributed by atoms with E-state index in [2.05, 4.69) is 10.1 Å². The Morgan fingerprint density at radius 1 is 1.29 bits per heavy atom. The molecule has 0 fully saturated rings. The van der Waals surface area contributed by atoms with Crippen molar-refractivity contribution in [2.75, 3.05) is 0 Å². The van der Waals surface area contributed by atoms with Crippen LogP contribution in [0.2, 0.25) is 0 Å². The van der Waals surface area contributed by atoms with Crippen LogP contribution < -0.4 is 0 Å². The van der Waals surface area contributed by atoms with Crippen molar-refractivity contribution in [1.82, 2.24) is 10.1 Å². The van der Waals surface area contributed by atoms with Crippen molar-refractivity contribution in [3.05, 3.63) is 36.2 Å². The van der Waals surface area contributed by atoms with Crippen molar-refractivity contribution in [1.29, 1.82) is 0 Å². The van der Waals surface area contributed by atoms with Gasteiger partial charge in [0.1, 0.15) is 0 Å². The van der Waals surface area contributed by atoms with Crippen LogP contribution in [-0.4, -0.2) is 15.9 Å². The summed E-state index contributed by atoms with van der Waals surface area (Å²) in [6.07, 6.45) is 0. The molecule has 0 bridgehead atoms. The first-order valence-corrected chi connectivity index (χ1v) is 4.17. The molecule has 70 valence electrons. The zero-order chi connectivity index (χ0) is 9.97. The Bertz CT molecular complexity index is 448. The second-order valence-corrected chi connectivity index (χ2v) is 2.85. The fourth-order valence-electron chi connectivity index (χ4n) is 1.07. The highest BCUT2D eigenvalue weighted by atomic mass is 16.5. The molecule has 1 aromatic heterocycles. The van der Waals surface area contributed by atoms with Crippen molar-refractivity contribution in [2.24, 2.45) is 0 Å². The molecule has 0 spiro atoms. The summed E-state index contributed by atoms with van der Waals surface area (Å²) < 4.78 is 4.77. The number of rotatable bonds is 2. The largest absolute Gasteiger partial charge is 0.330 e. The molecule has 0 radical (unpaired) electrons. The molecule has 2 rings (SSSR count). The summed E-state index contributed by atoms with van der Waals surface area (Å²) in [6, 6.07) is 9.36. The van der Waals surface area contributed by atoms with E-state index in [4.69, 9.17) is 4.52 Å². The summed E-state index contributed by atoms with van der Waals surface area (Å²) in [7, 11) is 0. The van der Waals surface area contributed by atoms with Gasteiger partial charge in [0.2, 0.25) is 11.6 Å². The van der Waals surface area contributed by atoms with Crippen LogP contribution in [0.3, 0.4) is 0 Å². The Morgan fingerprint density at radius 3 is 2.57 bits per heavy atom. The summed E-state index contributed by atoms with van der Waals surface area (Å²) in [5.74, 6) is 0.263. The summed E-state index contributed by atoms with van der Waals surface area (Å²) in [4.78, 5) is 14.8. The van der Waals surface area contributed by atoms with Crippen LogP contribution >= 0.6 is 0 Å². The second-order valence-electron chi connectivity index (χ2n) is 2.85. The van der Waals surface area contributed by atoms with Crippen molar-refractivity contribution in [3.63, 3.8) is 0 Å². The fraction of sp³-hybridized carbons (Fsp3) is 0.100. The monoisotopic (exact) mass is 188 g/mol. The molecule has 0 aliphatic carbocycles. The predicted octanol–water partition coefficient (Wildman–Crippen LogP) is 1.94. The number of carbonyl (C=O) groups excluding carboxylic acids is 1. The number of ketones is 1. The quantitative estimate of drug-likeness (QED) is 0.676. The maximum Gasteiger partial charge on any atom is 0.294 e. The van der Waals surface area contributed by atoms with E-state index in [0.717, 1.165) is 5.56 Å². The van der Waals surface area contributed by atoms with Gasteiger partial charge in [-0.25, -0.2) is 0 Å². The minimum Gasteiger partial charge on any atom is -0.330 e. The fourth-order valence-corrected chi connectivity index (χ4v) is 1.07. The van der Waals surface area contributed by atoms with Gasteiger partial charge in [-0.2, -0.15) is 4.98 Å². The Balaban J connectivity index is 2.39. The van der Waals surface area contributed by atoms with Crippen LogP contribution in [0.15, 0.2) is 34.9 Å². The molecule has 1 heterocycles. The van der Waals surface area contributed by atoms with Gasteiger partial charge in [0.05, 0.1) is 0 Å². The molecule has 0 amide bonds. The highest BCUT2D eigenvalue weighted by Crippen LogP contribution is 2.14. The van der Waals surface area contributed by atoms with Crippen molar-refractivity contribution >= 4 is 5.78 Å². The van der Waals surface area contributed by atoms with Gasteiger partial charge in [0, 0.05) is 12.5 Å². The third-order valence-electron chi connectivity index (χ3n) is 1.76. The first-order valence-electron chi connectivity index (χ1n) is 4.17. The lowest BCUT2D eigenvalue weighted by Gasteiger charge is -1.89. The van der Waals surface area contributed by atoms with Gasteiger partial charge in [-0.05, 0) is 0 Å². The van der Waals surface area contributed by atoms with Gasteiger partial charge >= 0.3 is 0 Å². The number of nitrogens with zero attached hydrogens (tertiary/aromatic N) is 2. The van der Waals surface area contributed by atoms with Gasteiger partial charge in [0.25, 0.3) is 5.89 Å². The standard InChI is InChI=1S/C10H8N2O2/c1-7(13)10-11-9(12-14-10)8-5-3-2-4-6-8/h2-6H,1H3. The van der Waals surface area contributed by atoms with Gasteiger partial charge in [-0.3, -0.25) is 4.79 Å². The lowest BCUT2D eigenvalue weighted by atomic mass is 10.2. The second kappa shape index (κ2) is 3.41. The molecule has 14 heavy (non-hydrogen) atoms. The molecular weight excluding hydrogens is 180 g/mol. The van der Waals surface area contributed by atoms with Crippen LogP contribution in [-0.2, 0) is 0 Å². The molecule has 0 N–H and O–H groups in total. The Kier molecular flexibility index (Phi) is 2.10. The normalized spacial score (nSPS) is 10.1. The van der Waals surface area contributed by atoms with Crippen molar-refractivity contribution < 1.29 is 9.32 Å². The third kappa shape index (κ3) is 1.54. The summed E-state index contributed by atoms with van der Waals surface area (Å²) in [6.45, 7) is 1.39. The van der Waals surface area contributed by atoms with Crippen LogP contribution in [0.1, 0.15) is 17.6 Å². The van der Waals surface area contributed by atoms with E-state index in [9.17, 15) is 4.79 Å². The van der Waals surface area contributed by atoms with Gasteiger partial charge in [0.15, 0.2) is 0 Å². The molecule has 0 aliphatic heterocycles. The number of Topliss-reactive ketones (excluding diaryl/α,β-unsaturated/α-hetero) is 1. The van der Waals surface area contributed by atoms with Crippen LogP contribution in [0.4, 0.5) is 0 Å². The molecule has 4 nitrogen and oxygen atoms in total. The molecular formula is C10H8N2O2. The van der Waals surface area contributed by atoms with Crippen molar-refractivity contribution in [2.45, 2.75) is 6.92 Å². The van der Waals surface area contributed by atoms with E-state index in [1.165, 1.54) is 6.92 Å². The number of hydrogen-bond donors (Lipinski definition) is 0. The smallest absolute Gasteiger partial charge is 0.294 e. The molecule has 2 aromatic rings. The number of carbonyl (C=O) groups is 1. The maximum atomic E-state index is 10.9. The van der Waals surface area contributed by atoms with Crippen LogP contribution in [0.25, 0.3) is 11.4 Å². The Hall–Kier alpha value is -1.97. The zero-order valence-corrected chi connectivity index (χ0v) is 7.60. The predicted molar refractivity (Wildman–Crippen MR) is 49.7 cm³/mol. The Morgan fingerprint density at radius 2 is 2.00 bits per heavy atom. The van der Waals surface area contributed by atoms with E-state index in [0.29, 0.717) is 5.82 Å². The molecule has 0 unspecified atom stereocenters. The average Bonchev–Trinajstić information content (AvgIpc) is 2.68. The molecule has 1 aromatic carbocycles. The number of benzene rings is 1. The minimum atomic E-state index is -0.223. The lowest BCUT2D eigenvalue weighted by Crippen LogP contribution is -1.90. The first-order chi connectivity index (χ1) is 6.77. The summed E-state index contributed by atoms with van der Waals surface area (Å²) in [5.41, 5.74) is 0.837. The minimum absolute atomic E-state index is 0.0452. The zero-order valence-electron chi connectivity index (χ0n) is 7.60. The Labute approximate surface area is 80.6 Å². The summed E-state index contributed by atoms with van der Waals surface area (Å²) >= 11 is 0. The highest BCUT2D eigenvalue weighted by Gasteiger charge is 2.10. The van der Waals surface area contributed by atoms with E-state index in [1.807, 2.05) is 30.3 Å².